The summed E-state index contributed by atoms with van der Waals surface area (Å²) in [4.78, 5) is 12.5. The lowest BCUT2D eigenvalue weighted by Crippen LogP contribution is -2.27. The van der Waals surface area contributed by atoms with Gasteiger partial charge < -0.3 is 14.6 Å². The average Bonchev–Trinajstić information content (AvgIpc) is 3.25. The molecule has 0 amide bonds. The van der Waals surface area contributed by atoms with Crippen LogP contribution in [0, 0.1) is 0 Å². The monoisotopic (exact) mass is 494 g/mol. The zero-order chi connectivity index (χ0) is 25.6. The molecule has 0 aromatic rings. The summed E-state index contributed by atoms with van der Waals surface area (Å²) in [5.74, 6) is -0.0864. The zero-order valence-corrected chi connectivity index (χ0v) is 23.3. The van der Waals surface area contributed by atoms with E-state index in [1.54, 1.807) is 0 Å². The number of aliphatic hydroxyl groups excluding tert-OH is 1. The van der Waals surface area contributed by atoms with Crippen molar-refractivity contribution in [2.75, 3.05) is 0 Å². The van der Waals surface area contributed by atoms with Crippen molar-refractivity contribution in [1.82, 2.24) is 0 Å². The summed E-state index contributed by atoms with van der Waals surface area (Å²) in [5.41, 5.74) is 0. The highest BCUT2D eigenvalue weighted by Gasteiger charge is 2.40. The fraction of sp³-hybridized carbons (Fsp3) is 0.903. The van der Waals surface area contributed by atoms with Crippen molar-refractivity contribution in [3.05, 3.63) is 12.7 Å². The van der Waals surface area contributed by atoms with Crippen LogP contribution in [0.2, 0.25) is 0 Å². The van der Waals surface area contributed by atoms with Crippen molar-refractivity contribution in [3.8, 4) is 0 Å². The predicted molar refractivity (Wildman–Crippen MR) is 148 cm³/mol. The molecule has 0 bridgehead atoms. The molecule has 0 aliphatic carbocycles. The topological polar surface area (TPSA) is 55.8 Å². The molecule has 35 heavy (non-hydrogen) atoms. The average molecular weight is 495 g/mol. The molecular weight excluding hydrogens is 436 g/mol. The van der Waals surface area contributed by atoms with Gasteiger partial charge in [0.05, 0.1) is 18.3 Å². The summed E-state index contributed by atoms with van der Waals surface area (Å²) in [7, 11) is 0. The lowest BCUT2D eigenvalue weighted by atomic mass is 10.00. The van der Waals surface area contributed by atoms with Crippen molar-refractivity contribution >= 4 is 5.97 Å². The van der Waals surface area contributed by atoms with Crippen molar-refractivity contribution in [1.29, 1.82) is 0 Å². The van der Waals surface area contributed by atoms with Crippen LogP contribution in [-0.4, -0.2) is 35.5 Å². The normalized spacial score (nSPS) is 20.7. The van der Waals surface area contributed by atoms with Crippen LogP contribution in [0.3, 0.4) is 0 Å². The number of ether oxygens (including phenoxy) is 2. The van der Waals surface area contributed by atoms with Crippen LogP contribution in [0.5, 0.6) is 0 Å². The molecule has 0 spiro atoms. The summed E-state index contributed by atoms with van der Waals surface area (Å²) < 4.78 is 12.2. The van der Waals surface area contributed by atoms with Crippen molar-refractivity contribution in [2.24, 2.45) is 0 Å². The lowest BCUT2D eigenvalue weighted by Gasteiger charge is -2.20. The molecule has 1 fully saturated rings. The highest BCUT2D eigenvalue weighted by molar-refractivity contribution is 5.69. The second kappa shape index (κ2) is 22.3. The number of unbranched alkanes of at least 4 members (excludes halogenated alkanes) is 15. The van der Waals surface area contributed by atoms with E-state index in [0.717, 1.165) is 64.2 Å². The molecule has 1 aliphatic rings. The van der Waals surface area contributed by atoms with Gasteiger partial charge in [-0.25, -0.2) is 0 Å². The summed E-state index contributed by atoms with van der Waals surface area (Å²) in [6.45, 7) is 8.22. The van der Waals surface area contributed by atoms with Crippen molar-refractivity contribution in [2.45, 2.75) is 180 Å². The molecular formula is C31H58O4. The number of rotatable bonds is 24. The summed E-state index contributed by atoms with van der Waals surface area (Å²) in [5, 5.41) is 10.7. The van der Waals surface area contributed by atoms with Gasteiger partial charge in [-0.2, -0.15) is 0 Å². The van der Waals surface area contributed by atoms with Gasteiger partial charge in [-0.3, -0.25) is 4.79 Å². The molecule has 0 saturated carbocycles. The Morgan fingerprint density at radius 2 is 1.46 bits per heavy atom. The van der Waals surface area contributed by atoms with Gasteiger partial charge in [0, 0.05) is 12.8 Å². The van der Waals surface area contributed by atoms with Crippen molar-refractivity contribution in [3.63, 3.8) is 0 Å². The Morgan fingerprint density at radius 3 is 2.11 bits per heavy atom. The maximum absolute atomic E-state index is 12.5. The minimum atomic E-state index is -0.460. The second-order valence-corrected chi connectivity index (χ2v) is 10.8. The van der Waals surface area contributed by atoms with Crippen LogP contribution in [0.25, 0.3) is 0 Å². The SMILES string of the molecule is C=CCCCCCCC[C@@H](O)C1C[C@H](OC(=O)CCCCCCCCCCC)[C@H](CCCCC)O1. The molecule has 1 aliphatic heterocycles. The lowest BCUT2D eigenvalue weighted by molar-refractivity contribution is -0.152. The smallest absolute Gasteiger partial charge is 0.306 e. The van der Waals surface area contributed by atoms with Gasteiger partial charge in [-0.05, 0) is 32.1 Å². The Labute approximate surface area is 217 Å². The van der Waals surface area contributed by atoms with E-state index >= 15 is 0 Å². The van der Waals surface area contributed by atoms with Crippen LogP contribution < -0.4 is 0 Å². The first-order valence-electron chi connectivity index (χ1n) is 15.3. The minimum Gasteiger partial charge on any atom is -0.459 e. The Bertz CT molecular complexity index is 506. The van der Waals surface area contributed by atoms with Crippen LogP contribution >= 0.6 is 0 Å². The third-order valence-electron chi connectivity index (χ3n) is 7.43. The molecule has 206 valence electrons. The number of hydrogen-bond donors (Lipinski definition) is 1. The van der Waals surface area contributed by atoms with E-state index in [1.807, 2.05) is 6.08 Å². The van der Waals surface area contributed by atoms with Gasteiger partial charge >= 0.3 is 5.97 Å². The Morgan fingerprint density at radius 1 is 0.886 bits per heavy atom. The molecule has 0 radical (unpaired) electrons. The Hall–Kier alpha value is -0.870. The number of allylic oxidation sites excluding steroid dienone is 1. The van der Waals surface area contributed by atoms with E-state index in [-0.39, 0.29) is 24.3 Å². The molecule has 1 unspecified atom stereocenters. The van der Waals surface area contributed by atoms with Crippen LogP contribution in [0.15, 0.2) is 12.7 Å². The highest BCUT2D eigenvalue weighted by atomic mass is 16.6. The van der Waals surface area contributed by atoms with Crippen LogP contribution in [-0.2, 0) is 14.3 Å². The molecule has 0 aromatic heterocycles. The van der Waals surface area contributed by atoms with Crippen molar-refractivity contribution < 1.29 is 19.4 Å². The van der Waals surface area contributed by atoms with Gasteiger partial charge in [0.15, 0.2) is 0 Å². The van der Waals surface area contributed by atoms with E-state index in [0.29, 0.717) is 12.8 Å². The molecule has 1 heterocycles. The number of esters is 1. The van der Waals surface area contributed by atoms with E-state index in [2.05, 4.69) is 20.4 Å². The number of aliphatic hydroxyl groups is 1. The van der Waals surface area contributed by atoms with E-state index in [9.17, 15) is 9.90 Å². The standard InChI is InChI=1S/C31H58O4/c1-4-7-10-12-14-15-17-19-22-25-31(33)35-30-26-29(34-28(30)24-20-9-6-3)27(32)23-21-18-16-13-11-8-5-2/h5,27-30,32H,2,4,6-26H2,1,3H3/t27-,28+,29?,30+/m1/s1. The molecule has 1 N–H and O–H groups in total. The first-order chi connectivity index (χ1) is 17.1. The van der Waals surface area contributed by atoms with Gasteiger partial charge in [0.1, 0.15) is 6.10 Å². The molecule has 1 rings (SSSR count). The summed E-state index contributed by atoms with van der Waals surface area (Å²) in [6.07, 6.45) is 25.4. The fourth-order valence-corrected chi connectivity index (χ4v) is 5.14. The van der Waals surface area contributed by atoms with Gasteiger partial charge in [-0.1, -0.05) is 116 Å². The number of carbonyl (C=O) groups excluding carboxylic acids is 1. The van der Waals surface area contributed by atoms with Crippen LogP contribution in [0.4, 0.5) is 0 Å². The van der Waals surface area contributed by atoms with Gasteiger partial charge in [0.25, 0.3) is 0 Å². The predicted octanol–water partition coefficient (Wildman–Crippen LogP) is 8.83. The molecule has 4 heteroatoms. The van der Waals surface area contributed by atoms with E-state index in [1.165, 1.54) is 64.2 Å². The van der Waals surface area contributed by atoms with Gasteiger partial charge in [-0.15, -0.1) is 6.58 Å². The molecule has 0 aromatic carbocycles. The first kappa shape index (κ1) is 32.2. The molecule has 1 saturated heterocycles. The van der Waals surface area contributed by atoms with Crippen LogP contribution in [0.1, 0.15) is 155 Å². The van der Waals surface area contributed by atoms with E-state index < -0.39 is 6.10 Å². The number of carbonyl (C=O) groups is 1. The molecule has 4 atom stereocenters. The zero-order valence-electron chi connectivity index (χ0n) is 23.3. The maximum Gasteiger partial charge on any atom is 0.306 e. The quantitative estimate of drug-likeness (QED) is 0.0827. The first-order valence-corrected chi connectivity index (χ1v) is 15.3. The summed E-state index contributed by atoms with van der Waals surface area (Å²) >= 11 is 0. The largest absolute Gasteiger partial charge is 0.459 e. The Kier molecular flexibility index (Phi) is 20.5. The third-order valence-corrected chi connectivity index (χ3v) is 7.43. The summed E-state index contributed by atoms with van der Waals surface area (Å²) in [6, 6.07) is 0. The third kappa shape index (κ3) is 16.5. The number of hydrogen-bond acceptors (Lipinski definition) is 4. The molecule has 4 nitrogen and oxygen atoms in total. The fourth-order valence-electron chi connectivity index (χ4n) is 5.14. The minimum absolute atomic E-state index is 0.0628. The second-order valence-electron chi connectivity index (χ2n) is 10.8. The maximum atomic E-state index is 12.5. The van der Waals surface area contributed by atoms with Gasteiger partial charge in [0.2, 0.25) is 0 Å². The highest BCUT2D eigenvalue weighted by Crippen LogP contribution is 2.31. The Balaban J connectivity index is 2.30. The van der Waals surface area contributed by atoms with E-state index in [4.69, 9.17) is 9.47 Å².